The Morgan fingerprint density at radius 1 is 1.11 bits per heavy atom. The lowest BCUT2D eigenvalue weighted by Gasteiger charge is -2.43. The van der Waals surface area contributed by atoms with E-state index in [9.17, 15) is 13.2 Å². The van der Waals surface area contributed by atoms with Crippen molar-refractivity contribution in [2.75, 3.05) is 0 Å². The number of Topliss-reactive ketones (excluding diaryl/α,β-unsaturated/α-hetero) is 1. The molecule has 0 radical (unpaired) electrons. The van der Waals surface area contributed by atoms with Crippen LogP contribution in [-0.4, -0.2) is 33.9 Å². The summed E-state index contributed by atoms with van der Waals surface area (Å²) in [5.74, 6) is -0.260. The molecule has 2 aliphatic carbocycles. The first-order valence-corrected chi connectivity index (χ1v) is 14.5. The van der Waals surface area contributed by atoms with Crippen LogP contribution in [0.15, 0.2) is 46.4 Å². The molecule has 0 bridgehead atoms. The average Bonchev–Trinajstić information content (AvgIpc) is 2.96. The van der Waals surface area contributed by atoms with E-state index in [-0.39, 0.29) is 22.8 Å². The van der Waals surface area contributed by atoms with Crippen molar-refractivity contribution in [3.8, 4) is 0 Å². The standard InChI is InChI=1S/C22H32O4SSi/c1-15-14-19(27(24,25)16-10-8-7-9-11-16)21-18(13-12-17(23)20(15)21)26-28(5,6)22(2,3)4/h7-11,18-19,21H,12-14H2,1-6H3/t18-,19-,21+/m1/s1. The summed E-state index contributed by atoms with van der Waals surface area (Å²) in [4.78, 5) is 13.0. The molecule has 0 heterocycles. The normalized spacial score (nSPS) is 26.5. The van der Waals surface area contributed by atoms with Crippen LogP contribution in [0.4, 0.5) is 0 Å². The predicted molar refractivity (Wildman–Crippen MR) is 115 cm³/mol. The quantitative estimate of drug-likeness (QED) is 0.649. The van der Waals surface area contributed by atoms with Gasteiger partial charge in [-0.3, -0.25) is 4.79 Å². The zero-order valence-electron chi connectivity index (χ0n) is 17.8. The van der Waals surface area contributed by atoms with Gasteiger partial charge in [-0.25, -0.2) is 8.42 Å². The maximum Gasteiger partial charge on any atom is 0.192 e. The Kier molecular flexibility index (Phi) is 5.54. The Morgan fingerprint density at radius 3 is 2.29 bits per heavy atom. The molecule has 3 atom stereocenters. The highest BCUT2D eigenvalue weighted by molar-refractivity contribution is 7.92. The number of ketones is 1. The van der Waals surface area contributed by atoms with Gasteiger partial charge in [-0.15, -0.1) is 0 Å². The minimum atomic E-state index is -3.55. The first-order chi connectivity index (χ1) is 12.9. The van der Waals surface area contributed by atoms with Gasteiger partial charge in [0.25, 0.3) is 0 Å². The monoisotopic (exact) mass is 420 g/mol. The van der Waals surface area contributed by atoms with Crippen LogP contribution in [0, 0.1) is 5.92 Å². The van der Waals surface area contributed by atoms with Crippen LogP contribution in [0.1, 0.15) is 47.0 Å². The van der Waals surface area contributed by atoms with Crippen molar-refractivity contribution in [3.05, 3.63) is 41.5 Å². The minimum Gasteiger partial charge on any atom is -0.413 e. The lowest BCUT2D eigenvalue weighted by molar-refractivity contribution is -0.118. The summed E-state index contributed by atoms with van der Waals surface area (Å²) in [7, 11) is -5.64. The Labute approximate surface area is 170 Å². The van der Waals surface area contributed by atoms with Gasteiger partial charge >= 0.3 is 0 Å². The maximum absolute atomic E-state index is 13.5. The third kappa shape index (κ3) is 3.66. The van der Waals surface area contributed by atoms with Gasteiger partial charge in [0.05, 0.1) is 16.2 Å². The van der Waals surface area contributed by atoms with E-state index >= 15 is 0 Å². The van der Waals surface area contributed by atoms with Gasteiger partial charge in [-0.2, -0.15) is 0 Å². The molecule has 0 spiro atoms. The molecule has 0 N–H and O–H groups in total. The molecule has 0 aliphatic heterocycles. The van der Waals surface area contributed by atoms with E-state index in [2.05, 4.69) is 33.9 Å². The Morgan fingerprint density at radius 2 is 1.71 bits per heavy atom. The highest BCUT2D eigenvalue weighted by Gasteiger charge is 2.52. The van der Waals surface area contributed by atoms with Crippen LogP contribution in [0.25, 0.3) is 0 Å². The van der Waals surface area contributed by atoms with E-state index in [1.54, 1.807) is 24.3 Å². The fourth-order valence-corrected chi connectivity index (χ4v) is 7.65. The Hall–Kier alpha value is -1.24. The van der Waals surface area contributed by atoms with Crippen LogP contribution in [0.5, 0.6) is 0 Å². The molecule has 2 aliphatic rings. The van der Waals surface area contributed by atoms with Crippen molar-refractivity contribution in [1.82, 2.24) is 0 Å². The topological polar surface area (TPSA) is 60.4 Å². The van der Waals surface area contributed by atoms with Crippen molar-refractivity contribution in [3.63, 3.8) is 0 Å². The zero-order chi connectivity index (χ0) is 20.9. The van der Waals surface area contributed by atoms with Crippen molar-refractivity contribution in [1.29, 1.82) is 0 Å². The molecule has 0 aromatic heterocycles. The molecule has 1 saturated carbocycles. The predicted octanol–water partition coefficient (Wildman–Crippen LogP) is 4.92. The number of rotatable bonds is 4. The number of benzene rings is 1. The summed E-state index contributed by atoms with van der Waals surface area (Å²) in [5, 5.41) is -0.594. The van der Waals surface area contributed by atoms with Gasteiger partial charge in [-0.1, -0.05) is 44.5 Å². The average molecular weight is 421 g/mol. The summed E-state index contributed by atoms with van der Waals surface area (Å²) in [6, 6.07) is 8.61. The van der Waals surface area contributed by atoms with Gasteiger partial charge in [0.2, 0.25) is 0 Å². The van der Waals surface area contributed by atoms with Crippen LogP contribution >= 0.6 is 0 Å². The van der Waals surface area contributed by atoms with Crippen molar-refractivity contribution in [2.45, 2.75) is 81.3 Å². The first kappa shape index (κ1) is 21.5. The smallest absolute Gasteiger partial charge is 0.192 e. The minimum absolute atomic E-state index is 0.0276. The second-order valence-electron chi connectivity index (χ2n) is 9.70. The summed E-state index contributed by atoms with van der Waals surface area (Å²) in [6.07, 6.45) is 1.25. The molecule has 1 aromatic rings. The number of hydrogen-bond acceptors (Lipinski definition) is 4. The van der Waals surface area contributed by atoms with Gasteiger partial charge in [-0.05, 0) is 50.0 Å². The molecule has 6 heteroatoms. The molecule has 154 valence electrons. The van der Waals surface area contributed by atoms with Crippen molar-refractivity contribution >= 4 is 23.9 Å². The highest BCUT2D eigenvalue weighted by Crippen LogP contribution is 2.48. The molecular formula is C22H32O4SSi. The number of sulfone groups is 1. The van der Waals surface area contributed by atoms with Gasteiger partial charge in [0.15, 0.2) is 23.9 Å². The number of fused-ring (bicyclic) bond motifs is 1. The number of allylic oxidation sites excluding steroid dienone is 1. The Balaban J connectivity index is 2.02. The fraction of sp³-hybridized carbons (Fsp3) is 0.591. The van der Waals surface area contributed by atoms with Crippen LogP contribution in [0.2, 0.25) is 18.1 Å². The molecule has 1 fully saturated rings. The van der Waals surface area contributed by atoms with Crippen LogP contribution in [0.3, 0.4) is 0 Å². The van der Waals surface area contributed by atoms with Crippen molar-refractivity contribution in [2.24, 2.45) is 5.92 Å². The van der Waals surface area contributed by atoms with E-state index in [0.29, 0.717) is 24.2 Å². The van der Waals surface area contributed by atoms with Crippen molar-refractivity contribution < 1.29 is 17.6 Å². The van der Waals surface area contributed by atoms with E-state index in [1.165, 1.54) is 0 Å². The van der Waals surface area contributed by atoms with E-state index in [4.69, 9.17) is 4.43 Å². The summed E-state index contributed by atoms with van der Waals surface area (Å²) < 4.78 is 33.6. The molecule has 4 nitrogen and oxygen atoms in total. The molecule has 0 unspecified atom stereocenters. The molecule has 28 heavy (non-hydrogen) atoms. The second kappa shape index (κ2) is 7.22. The number of carbonyl (C=O) groups is 1. The lowest BCUT2D eigenvalue weighted by Crippen LogP contribution is -2.50. The van der Waals surface area contributed by atoms with Crippen LogP contribution in [-0.2, 0) is 19.1 Å². The third-order valence-electron chi connectivity index (χ3n) is 6.78. The Bertz CT molecular complexity index is 894. The fourth-order valence-electron chi connectivity index (χ4n) is 4.22. The molecule has 1 aromatic carbocycles. The molecule has 0 saturated heterocycles. The van der Waals surface area contributed by atoms with Gasteiger partial charge in [0, 0.05) is 17.9 Å². The molecule has 0 amide bonds. The number of hydrogen-bond donors (Lipinski definition) is 0. The zero-order valence-corrected chi connectivity index (χ0v) is 19.6. The van der Waals surface area contributed by atoms with Gasteiger partial charge < -0.3 is 4.43 Å². The first-order valence-electron chi connectivity index (χ1n) is 10.1. The van der Waals surface area contributed by atoms with E-state index in [1.807, 2.05) is 13.0 Å². The summed E-state index contributed by atoms with van der Waals surface area (Å²) in [6.45, 7) is 12.8. The van der Waals surface area contributed by atoms with E-state index < -0.39 is 23.4 Å². The van der Waals surface area contributed by atoms with Gasteiger partial charge in [0.1, 0.15) is 0 Å². The third-order valence-corrected chi connectivity index (χ3v) is 13.5. The molecule has 3 rings (SSSR count). The highest BCUT2D eigenvalue weighted by atomic mass is 32.2. The van der Waals surface area contributed by atoms with Crippen LogP contribution < -0.4 is 0 Å². The van der Waals surface area contributed by atoms with E-state index in [0.717, 1.165) is 11.1 Å². The number of carbonyl (C=O) groups excluding carboxylic acids is 1. The lowest BCUT2D eigenvalue weighted by atomic mass is 9.82. The summed E-state index contributed by atoms with van der Waals surface area (Å²) in [5.41, 5.74) is 1.64. The summed E-state index contributed by atoms with van der Waals surface area (Å²) >= 11 is 0. The second-order valence-corrected chi connectivity index (χ2v) is 16.6. The molecular weight excluding hydrogens is 388 g/mol. The largest absolute Gasteiger partial charge is 0.413 e. The SMILES string of the molecule is CC1=C2C(=O)CC[C@@H](O[Si](C)(C)C(C)(C)C)[C@H]2[C@H](S(=O)(=O)c2ccccc2)C1. The maximum atomic E-state index is 13.5.